The summed E-state index contributed by atoms with van der Waals surface area (Å²) in [4.78, 5) is 12.0. The number of hydrogen-bond donors (Lipinski definition) is 0. The van der Waals surface area contributed by atoms with Crippen LogP contribution in [0.2, 0.25) is 0 Å². The van der Waals surface area contributed by atoms with Gasteiger partial charge in [0.25, 0.3) is 0 Å². The third-order valence-corrected chi connectivity index (χ3v) is 3.27. The molecule has 0 spiro atoms. The molecule has 0 aromatic heterocycles. The van der Waals surface area contributed by atoms with E-state index in [-0.39, 0.29) is 17.8 Å². The van der Waals surface area contributed by atoms with Gasteiger partial charge >= 0.3 is 0 Å². The molecule has 0 N–H and O–H groups in total. The predicted octanol–water partition coefficient (Wildman–Crippen LogP) is 3.97. The van der Waals surface area contributed by atoms with Crippen molar-refractivity contribution >= 4 is 5.78 Å². The molecule has 3 heteroatoms. The van der Waals surface area contributed by atoms with Crippen LogP contribution in [0.5, 0.6) is 0 Å². The van der Waals surface area contributed by atoms with Gasteiger partial charge in [0.05, 0.1) is 0 Å². The lowest BCUT2D eigenvalue weighted by Crippen LogP contribution is -2.08. The van der Waals surface area contributed by atoms with Crippen LogP contribution in [-0.2, 0) is 11.2 Å². The van der Waals surface area contributed by atoms with Crippen LogP contribution in [0.4, 0.5) is 8.78 Å². The van der Waals surface area contributed by atoms with Crippen molar-refractivity contribution in [2.75, 3.05) is 0 Å². The normalized spacial score (nSPS) is 16.0. The Morgan fingerprint density at radius 2 is 2.00 bits per heavy atom. The molecule has 2 rings (SSSR count). The Morgan fingerprint density at radius 1 is 1.17 bits per heavy atom. The molecule has 1 aromatic carbocycles. The Kier molecular flexibility index (Phi) is 4.24. The Morgan fingerprint density at radius 3 is 2.78 bits per heavy atom. The molecule has 0 unspecified atom stereocenters. The van der Waals surface area contributed by atoms with Gasteiger partial charge < -0.3 is 0 Å². The minimum Gasteiger partial charge on any atom is -0.294 e. The summed E-state index contributed by atoms with van der Waals surface area (Å²) >= 11 is 0. The second-order valence-corrected chi connectivity index (χ2v) is 4.66. The van der Waals surface area contributed by atoms with E-state index in [0.29, 0.717) is 0 Å². The highest BCUT2D eigenvalue weighted by molar-refractivity contribution is 5.96. The standard InChI is InChI=1S/C15H16F2O/c16-13-8-7-12(14(17)10-13)9-15(18)11-5-3-1-2-4-6-11/h5,7-8,10H,1-4,6,9H2. The average Bonchev–Trinajstić information content (AvgIpc) is 2.61. The largest absolute Gasteiger partial charge is 0.294 e. The summed E-state index contributed by atoms with van der Waals surface area (Å²) in [5.41, 5.74) is 1.07. The fraction of sp³-hybridized carbons (Fsp3) is 0.400. The lowest BCUT2D eigenvalue weighted by Gasteiger charge is -2.06. The molecular formula is C15H16F2O. The highest BCUT2D eigenvalue weighted by atomic mass is 19.1. The Labute approximate surface area is 106 Å². The molecule has 0 heterocycles. The first-order valence-corrected chi connectivity index (χ1v) is 6.33. The van der Waals surface area contributed by atoms with Gasteiger partial charge in [-0.3, -0.25) is 4.79 Å². The first kappa shape index (κ1) is 12.9. The molecular weight excluding hydrogens is 234 g/mol. The van der Waals surface area contributed by atoms with Gasteiger partial charge in [-0.1, -0.05) is 18.6 Å². The zero-order valence-corrected chi connectivity index (χ0v) is 10.2. The van der Waals surface area contributed by atoms with Gasteiger partial charge in [0, 0.05) is 12.5 Å². The van der Waals surface area contributed by atoms with E-state index in [2.05, 4.69) is 0 Å². The second-order valence-electron chi connectivity index (χ2n) is 4.66. The third kappa shape index (κ3) is 3.25. The van der Waals surface area contributed by atoms with Crippen molar-refractivity contribution in [3.05, 3.63) is 47.0 Å². The maximum atomic E-state index is 13.4. The van der Waals surface area contributed by atoms with Crippen LogP contribution in [0, 0.1) is 11.6 Å². The van der Waals surface area contributed by atoms with E-state index in [1.54, 1.807) is 0 Å². The lowest BCUT2D eigenvalue weighted by atomic mass is 9.99. The number of Topliss-reactive ketones (excluding diaryl/α,β-unsaturated/α-hetero) is 1. The number of halogens is 2. The summed E-state index contributed by atoms with van der Waals surface area (Å²) in [6.07, 6.45) is 6.96. The Hall–Kier alpha value is -1.51. The van der Waals surface area contributed by atoms with Crippen LogP contribution in [0.25, 0.3) is 0 Å². The Balaban J connectivity index is 2.08. The van der Waals surface area contributed by atoms with Gasteiger partial charge in [-0.25, -0.2) is 8.78 Å². The second kappa shape index (κ2) is 5.89. The number of allylic oxidation sites excluding steroid dienone is 2. The molecule has 1 nitrogen and oxygen atoms in total. The molecule has 96 valence electrons. The zero-order valence-electron chi connectivity index (χ0n) is 10.2. The zero-order chi connectivity index (χ0) is 13.0. The van der Waals surface area contributed by atoms with E-state index < -0.39 is 11.6 Å². The molecule has 18 heavy (non-hydrogen) atoms. The van der Waals surface area contributed by atoms with E-state index in [0.717, 1.165) is 43.7 Å². The summed E-state index contributed by atoms with van der Waals surface area (Å²) in [6.45, 7) is 0. The van der Waals surface area contributed by atoms with Gasteiger partial charge in [-0.2, -0.15) is 0 Å². The minimum atomic E-state index is -0.641. The van der Waals surface area contributed by atoms with Gasteiger partial charge in [0.2, 0.25) is 0 Å². The number of rotatable bonds is 3. The average molecular weight is 250 g/mol. The Bertz CT molecular complexity index is 477. The number of carbonyl (C=O) groups is 1. The van der Waals surface area contributed by atoms with Crippen LogP contribution in [-0.4, -0.2) is 5.78 Å². The van der Waals surface area contributed by atoms with Crippen LogP contribution in [0.15, 0.2) is 29.8 Å². The van der Waals surface area contributed by atoms with Crippen molar-refractivity contribution < 1.29 is 13.6 Å². The first-order chi connectivity index (χ1) is 8.66. The highest BCUT2D eigenvalue weighted by Gasteiger charge is 2.14. The van der Waals surface area contributed by atoms with Gasteiger partial charge in [0.1, 0.15) is 11.6 Å². The van der Waals surface area contributed by atoms with E-state index >= 15 is 0 Å². The van der Waals surface area contributed by atoms with Crippen molar-refractivity contribution in [1.82, 2.24) is 0 Å². The first-order valence-electron chi connectivity index (χ1n) is 6.33. The van der Waals surface area contributed by atoms with Crippen LogP contribution in [0.3, 0.4) is 0 Å². The number of carbonyl (C=O) groups excluding carboxylic acids is 1. The maximum absolute atomic E-state index is 13.4. The molecule has 0 aliphatic heterocycles. The van der Waals surface area contributed by atoms with Gasteiger partial charge in [-0.05, 0) is 42.9 Å². The van der Waals surface area contributed by atoms with Crippen LogP contribution < -0.4 is 0 Å². The molecule has 1 aliphatic rings. The molecule has 0 fully saturated rings. The number of hydrogen-bond acceptors (Lipinski definition) is 1. The highest BCUT2D eigenvalue weighted by Crippen LogP contribution is 2.20. The molecule has 1 aliphatic carbocycles. The summed E-state index contributed by atoms with van der Waals surface area (Å²) in [6, 6.07) is 3.36. The molecule has 0 amide bonds. The molecule has 0 saturated carbocycles. The third-order valence-electron chi connectivity index (χ3n) is 3.27. The van der Waals surface area contributed by atoms with Crippen LogP contribution in [0.1, 0.15) is 37.7 Å². The molecule has 1 aromatic rings. The number of benzene rings is 1. The molecule has 0 radical (unpaired) electrons. The SMILES string of the molecule is O=C(Cc1ccc(F)cc1F)C1=CCCCCC1. The van der Waals surface area contributed by atoms with Crippen molar-refractivity contribution in [3.8, 4) is 0 Å². The smallest absolute Gasteiger partial charge is 0.163 e. The van der Waals surface area contributed by atoms with Crippen molar-refractivity contribution in [2.45, 2.75) is 38.5 Å². The topological polar surface area (TPSA) is 17.1 Å². The summed E-state index contributed by atoms with van der Waals surface area (Å²) in [5, 5.41) is 0. The van der Waals surface area contributed by atoms with Gasteiger partial charge in [0.15, 0.2) is 5.78 Å². The van der Waals surface area contributed by atoms with E-state index in [4.69, 9.17) is 0 Å². The van der Waals surface area contributed by atoms with Crippen molar-refractivity contribution in [1.29, 1.82) is 0 Å². The predicted molar refractivity (Wildman–Crippen MR) is 66.2 cm³/mol. The monoisotopic (exact) mass is 250 g/mol. The number of ketones is 1. The molecule has 0 bridgehead atoms. The minimum absolute atomic E-state index is 0.0257. The quantitative estimate of drug-likeness (QED) is 0.793. The van der Waals surface area contributed by atoms with Crippen LogP contribution >= 0.6 is 0 Å². The lowest BCUT2D eigenvalue weighted by molar-refractivity contribution is -0.115. The van der Waals surface area contributed by atoms with E-state index in [1.807, 2.05) is 6.08 Å². The summed E-state index contributed by atoms with van der Waals surface area (Å²) < 4.78 is 26.2. The maximum Gasteiger partial charge on any atom is 0.163 e. The van der Waals surface area contributed by atoms with Crippen molar-refractivity contribution in [2.24, 2.45) is 0 Å². The van der Waals surface area contributed by atoms with E-state index in [1.165, 1.54) is 12.1 Å². The fourth-order valence-electron chi connectivity index (χ4n) is 2.22. The molecule has 0 atom stereocenters. The van der Waals surface area contributed by atoms with E-state index in [9.17, 15) is 13.6 Å². The van der Waals surface area contributed by atoms with Crippen molar-refractivity contribution in [3.63, 3.8) is 0 Å². The summed E-state index contributed by atoms with van der Waals surface area (Å²) in [5.74, 6) is -1.29. The van der Waals surface area contributed by atoms with Gasteiger partial charge in [-0.15, -0.1) is 0 Å². The molecule has 0 saturated heterocycles. The fourth-order valence-corrected chi connectivity index (χ4v) is 2.22. The summed E-state index contributed by atoms with van der Waals surface area (Å²) in [7, 11) is 0.